The summed E-state index contributed by atoms with van der Waals surface area (Å²) < 4.78 is 2.40. The molecular weight excluding hydrogens is 905 g/mol. The van der Waals surface area contributed by atoms with Gasteiger partial charge in [-0.15, -0.1) is 0 Å². The lowest BCUT2D eigenvalue weighted by Crippen LogP contribution is -2.09. The van der Waals surface area contributed by atoms with E-state index in [4.69, 9.17) is 0 Å². The Morgan fingerprint density at radius 1 is 0.333 bits per heavy atom. The monoisotopic (exact) mass is 958 g/mol. The number of aromatic nitrogens is 1. The van der Waals surface area contributed by atoms with Crippen molar-refractivity contribution in [1.29, 1.82) is 0 Å². The molecule has 0 saturated heterocycles. The van der Waals surface area contributed by atoms with Gasteiger partial charge in [0.25, 0.3) is 0 Å². The molecule has 0 fully saturated rings. The molecule has 11 aromatic carbocycles. The van der Waals surface area contributed by atoms with Crippen molar-refractivity contribution in [3.63, 3.8) is 0 Å². The van der Waals surface area contributed by atoms with Gasteiger partial charge in [-0.3, -0.25) is 0 Å². The molecule has 0 atom stereocenters. The van der Waals surface area contributed by atoms with Gasteiger partial charge >= 0.3 is 0 Å². The van der Waals surface area contributed by atoms with E-state index in [0.717, 1.165) is 29.2 Å². The fourth-order valence-corrected chi connectivity index (χ4v) is 11.3. The Kier molecular flexibility index (Phi) is 12.0. The quantitative estimate of drug-likeness (QED) is 0.140. The molecule has 14 rings (SSSR count). The number of para-hydroxylation sites is 3. The van der Waals surface area contributed by atoms with E-state index in [-0.39, 0.29) is 0 Å². The molecule has 1 heterocycles. The average Bonchev–Trinajstić information content (AvgIpc) is 4.22. The molecule has 0 radical (unpaired) electrons. The Morgan fingerprint density at radius 2 is 0.853 bits per heavy atom. The molecule has 2 heteroatoms. The van der Waals surface area contributed by atoms with Gasteiger partial charge < -0.3 is 9.47 Å². The first-order chi connectivity index (χ1) is 37.1. The molecule has 2 nitrogen and oxygen atoms in total. The van der Waals surface area contributed by atoms with E-state index in [9.17, 15) is 0 Å². The molecule has 0 spiro atoms. The lowest BCUT2D eigenvalue weighted by atomic mass is 9.89. The maximum Gasteiger partial charge on any atom is 0.0547 e. The van der Waals surface area contributed by atoms with Crippen molar-refractivity contribution < 1.29 is 0 Å². The van der Waals surface area contributed by atoms with E-state index in [1.54, 1.807) is 0 Å². The number of hydrogen-bond donors (Lipinski definition) is 0. The summed E-state index contributed by atoms with van der Waals surface area (Å²) in [5.41, 5.74) is 24.4. The van der Waals surface area contributed by atoms with Gasteiger partial charge in [-0.05, 0) is 163 Å². The second-order valence-corrected chi connectivity index (χ2v) is 19.7. The van der Waals surface area contributed by atoms with Crippen LogP contribution in [0.5, 0.6) is 0 Å². The molecule has 0 N–H and O–H groups in total. The van der Waals surface area contributed by atoms with Crippen molar-refractivity contribution in [1.82, 2.24) is 4.57 Å². The van der Waals surface area contributed by atoms with Gasteiger partial charge in [-0.25, -0.2) is 0 Å². The third-order valence-corrected chi connectivity index (χ3v) is 14.9. The maximum atomic E-state index is 2.45. The summed E-state index contributed by atoms with van der Waals surface area (Å²) in [4.78, 5) is 2.35. The summed E-state index contributed by atoms with van der Waals surface area (Å²) >= 11 is 0. The van der Waals surface area contributed by atoms with Crippen LogP contribution in [-0.4, -0.2) is 4.57 Å². The molecule has 0 amide bonds. The summed E-state index contributed by atoms with van der Waals surface area (Å²) in [6.45, 7) is 2.17. The maximum absolute atomic E-state index is 2.45. The second kappa shape index (κ2) is 19.8. The highest BCUT2D eigenvalue weighted by Gasteiger charge is 2.24. The fourth-order valence-electron chi connectivity index (χ4n) is 11.3. The molecule has 2 aliphatic rings. The molecule has 0 bridgehead atoms. The van der Waals surface area contributed by atoms with E-state index in [1.165, 1.54) is 99.7 Å². The van der Waals surface area contributed by atoms with Crippen LogP contribution in [0.1, 0.15) is 18.1 Å². The third-order valence-electron chi connectivity index (χ3n) is 14.9. The second-order valence-electron chi connectivity index (χ2n) is 19.7. The number of anilines is 3. The lowest BCUT2D eigenvalue weighted by Gasteiger charge is -2.26. The Hall–Kier alpha value is -9.50. The number of fused-ring (bicyclic) bond motifs is 6. The Bertz CT molecular complexity index is 4070. The van der Waals surface area contributed by atoms with Crippen molar-refractivity contribution in [3.05, 3.63) is 302 Å². The van der Waals surface area contributed by atoms with Crippen LogP contribution in [-0.2, 0) is 6.42 Å². The van der Waals surface area contributed by atoms with E-state index in [0.29, 0.717) is 5.92 Å². The summed E-state index contributed by atoms with van der Waals surface area (Å²) in [7, 11) is 0. The summed E-state index contributed by atoms with van der Waals surface area (Å²) in [6, 6.07) is 97.5. The zero-order chi connectivity index (χ0) is 50.1. The van der Waals surface area contributed by atoms with Crippen molar-refractivity contribution >= 4 is 38.9 Å². The Morgan fingerprint density at radius 3 is 1.60 bits per heavy atom. The first kappa shape index (κ1) is 45.4. The largest absolute Gasteiger partial charge is 0.310 e. The Labute approximate surface area is 440 Å². The van der Waals surface area contributed by atoms with Crippen LogP contribution in [0.15, 0.2) is 291 Å². The van der Waals surface area contributed by atoms with Crippen LogP contribution in [0, 0.1) is 5.92 Å². The molecular formula is C73H54N2. The van der Waals surface area contributed by atoms with Gasteiger partial charge in [0.15, 0.2) is 0 Å². The summed E-state index contributed by atoms with van der Waals surface area (Å²) in [5, 5.41) is 2.52. The van der Waals surface area contributed by atoms with E-state index in [2.05, 4.69) is 308 Å². The zero-order valence-corrected chi connectivity index (χ0v) is 41.9. The smallest absolute Gasteiger partial charge is 0.0547 e. The van der Waals surface area contributed by atoms with Gasteiger partial charge in [0.2, 0.25) is 0 Å². The van der Waals surface area contributed by atoms with Crippen LogP contribution >= 0.6 is 0 Å². The van der Waals surface area contributed by atoms with Crippen LogP contribution in [0.4, 0.5) is 17.1 Å². The fraction of sp³-hybridized carbons (Fsp3) is 0.0411. The van der Waals surface area contributed by atoms with Gasteiger partial charge in [-0.1, -0.05) is 225 Å². The number of benzene rings is 11. The molecule has 12 aromatic rings. The highest BCUT2D eigenvalue weighted by Crippen LogP contribution is 2.47. The highest BCUT2D eigenvalue weighted by molar-refractivity contribution is 6.10. The minimum atomic E-state index is 0.685. The topological polar surface area (TPSA) is 8.17 Å². The van der Waals surface area contributed by atoms with Crippen LogP contribution in [0.3, 0.4) is 0 Å². The van der Waals surface area contributed by atoms with Crippen LogP contribution in [0.2, 0.25) is 0 Å². The third kappa shape index (κ3) is 8.77. The first-order valence-corrected chi connectivity index (χ1v) is 26.1. The number of nitrogens with zero attached hydrogens (tertiary/aromatic N) is 2. The van der Waals surface area contributed by atoms with Crippen molar-refractivity contribution in [2.45, 2.75) is 13.3 Å². The normalized spacial score (nSPS) is 12.4. The highest BCUT2D eigenvalue weighted by atomic mass is 15.1. The first-order valence-electron chi connectivity index (χ1n) is 26.1. The molecule has 0 aliphatic heterocycles. The van der Waals surface area contributed by atoms with E-state index >= 15 is 0 Å². The minimum absolute atomic E-state index is 0.685. The lowest BCUT2D eigenvalue weighted by molar-refractivity contribution is 0.958. The summed E-state index contributed by atoms with van der Waals surface area (Å²) in [6.07, 6.45) is 9.40. The SMILES string of the molecule is CC1C=CC=C1.c1ccc(-c2ccc(N(c3ccccc3)c3cccc(-c4cccc(-c5cccc6c5-c5cc(-c7ccccc7-c7ccc8c9ccccc9n(-c9ccccc9)c8c7)ccc5C6)c4)c3)cc2)cc1. The number of rotatable bonds is 9. The molecule has 75 heavy (non-hydrogen) atoms. The van der Waals surface area contributed by atoms with Crippen LogP contribution < -0.4 is 4.90 Å². The number of hydrogen-bond acceptors (Lipinski definition) is 1. The van der Waals surface area contributed by atoms with Crippen LogP contribution in [0.25, 0.3) is 94.3 Å². The molecule has 2 aliphatic carbocycles. The molecule has 1 aromatic heterocycles. The van der Waals surface area contributed by atoms with Crippen molar-refractivity contribution in [2.75, 3.05) is 4.90 Å². The predicted octanol–water partition coefficient (Wildman–Crippen LogP) is 19.9. The van der Waals surface area contributed by atoms with E-state index in [1.807, 2.05) is 0 Å². The Balaban J connectivity index is 0.000000844. The molecule has 0 saturated carbocycles. The van der Waals surface area contributed by atoms with Gasteiger partial charge in [0.05, 0.1) is 11.0 Å². The average molecular weight is 959 g/mol. The van der Waals surface area contributed by atoms with E-state index < -0.39 is 0 Å². The standard InChI is InChI=1S/C67H46N2.C6H8/c1-4-17-46(18-5-1)47-35-38-57(39-36-47)68(55-23-6-2-7-24-55)58-27-15-20-49(43-58)48-19-14-21-50(41-48)61-31-16-22-54-42-51-33-34-52(44-64(51)67(54)61)59-28-10-11-29-60(59)53-37-40-63-62-30-12-13-32-65(62)69(66(63)45-53)56-25-8-3-9-26-56;1-6-4-2-3-5-6/h1-41,43-45H,42H2;2-6H,1H3. The van der Waals surface area contributed by atoms with Gasteiger partial charge in [0, 0.05) is 33.5 Å². The number of allylic oxidation sites excluding steroid dienone is 4. The molecule has 0 unspecified atom stereocenters. The van der Waals surface area contributed by atoms with Crippen molar-refractivity contribution in [2.24, 2.45) is 5.92 Å². The minimum Gasteiger partial charge on any atom is -0.310 e. The van der Waals surface area contributed by atoms with Gasteiger partial charge in [-0.2, -0.15) is 0 Å². The zero-order valence-electron chi connectivity index (χ0n) is 41.9. The summed E-state index contributed by atoms with van der Waals surface area (Å²) in [5.74, 6) is 0.685. The van der Waals surface area contributed by atoms with Gasteiger partial charge in [0.1, 0.15) is 0 Å². The predicted molar refractivity (Wildman–Crippen MR) is 318 cm³/mol. The van der Waals surface area contributed by atoms with Crippen molar-refractivity contribution in [3.8, 4) is 72.4 Å². The molecule has 356 valence electrons.